The molecule has 0 spiro atoms. The first-order chi connectivity index (χ1) is 9.18. The van der Waals surface area contributed by atoms with Gasteiger partial charge in [-0.1, -0.05) is 0 Å². The van der Waals surface area contributed by atoms with Gasteiger partial charge in [0.05, 0.1) is 24.3 Å². The fraction of sp³-hybridized carbons (Fsp3) is 0.455. The van der Waals surface area contributed by atoms with Crippen molar-refractivity contribution >= 4 is 11.7 Å². The lowest BCUT2D eigenvalue weighted by Crippen LogP contribution is -2.18. The largest absolute Gasteiger partial charge is 0.466 e. The highest BCUT2D eigenvalue weighted by Gasteiger charge is 2.38. The molecule has 0 aliphatic heterocycles. The van der Waals surface area contributed by atoms with Crippen LogP contribution in [0, 0.1) is 0 Å². The molecule has 4 nitrogen and oxygen atoms in total. The van der Waals surface area contributed by atoms with Crippen molar-refractivity contribution in [1.82, 2.24) is 4.98 Å². The molecule has 0 radical (unpaired) electrons. The number of nitrogens with two attached hydrogens (primary N) is 1. The Labute approximate surface area is 110 Å². The van der Waals surface area contributed by atoms with Gasteiger partial charge in [0.25, 0.3) is 6.43 Å². The Morgan fingerprint density at radius 1 is 1.45 bits per heavy atom. The van der Waals surface area contributed by atoms with Gasteiger partial charge in [0.1, 0.15) is 5.69 Å². The van der Waals surface area contributed by atoms with Crippen LogP contribution < -0.4 is 5.73 Å². The maximum absolute atomic E-state index is 12.9. The molecule has 0 atom stereocenters. The van der Waals surface area contributed by atoms with Crippen LogP contribution in [-0.2, 0) is 22.1 Å². The molecule has 1 aromatic rings. The number of carbonyl (C=O) groups is 1. The van der Waals surface area contributed by atoms with E-state index in [1.807, 2.05) is 0 Å². The number of hydrogen-bond donors (Lipinski definition) is 1. The second-order valence-electron chi connectivity index (χ2n) is 3.74. The molecule has 0 saturated carbocycles. The normalized spacial score (nSPS) is 11.8. The Morgan fingerprint density at radius 3 is 2.50 bits per heavy atom. The monoisotopic (exact) mass is 298 g/mol. The first-order valence-electron chi connectivity index (χ1n) is 5.46. The van der Waals surface area contributed by atoms with E-state index in [-0.39, 0.29) is 6.61 Å². The summed E-state index contributed by atoms with van der Waals surface area (Å²) in [6, 6.07) is 0. The van der Waals surface area contributed by atoms with Crippen LogP contribution >= 0.6 is 0 Å². The van der Waals surface area contributed by atoms with Crippen LogP contribution in [0.5, 0.6) is 0 Å². The summed E-state index contributed by atoms with van der Waals surface area (Å²) in [4.78, 5) is 14.4. The van der Waals surface area contributed by atoms with E-state index in [1.54, 1.807) is 0 Å². The van der Waals surface area contributed by atoms with Gasteiger partial charge < -0.3 is 10.5 Å². The summed E-state index contributed by atoms with van der Waals surface area (Å²) in [6.07, 6.45) is -8.40. The lowest BCUT2D eigenvalue weighted by Gasteiger charge is -2.16. The molecule has 112 valence electrons. The average Bonchev–Trinajstić information content (AvgIpc) is 2.26. The van der Waals surface area contributed by atoms with Crippen LogP contribution in [0.1, 0.15) is 30.2 Å². The Balaban J connectivity index is 3.31. The smallest absolute Gasteiger partial charge is 0.418 e. The molecule has 0 unspecified atom stereocenters. The number of halogens is 5. The van der Waals surface area contributed by atoms with Crippen molar-refractivity contribution in [2.24, 2.45) is 0 Å². The number of nitrogen functional groups attached to an aromatic ring is 1. The predicted octanol–water partition coefficient (Wildman–Crippen LogP) is 2.73. The number of nitrogens with zero attached hydrogens (tertiary/aromatic N) is 1. The molecule has 9 heteroatoms. The molecule has 2 N–H and O–H groups in total. The summed E-state index contributed by atoms with van der Waals surface area (Å²) in [7, 11) is 0. The van der Waals surface area contributed by atoms with Gasteiger partial charge in [-0.15, -0.1) is 0 Å². The number of rotatable bonds is 4. The molecule has 1 aromatic heterocycles. The summed E-state index contributed by atoms with van der Waals surface area (Å²) < 4.78 is 68.2. The molecule has 0 amide bonds. The van der Waals surface area contributed by atoms with Crippen LogP contribution in [0.15, 0.2) is 6.20 Å². The minimum absolute atomic E-state index is 0.0157. The van der Waals surface area contributed by atoms with E-state index < -0.39 is 47.5 Å². The van der Waals surface area contributed by atoms with Gasteiger partial charge in [0.15, 0.2) is 0 Å². The lowest BCUT2D eigenvalue weighted by atomic mass is 10.0. The number of anilines is 1. The van der Waals surface area contributed by atoms with Crippen molar-refractivity contribution in [2.75, 3.05) is 12.3 Å². The fourth-order valence-electron chi connectivity index (χ4n) is 1.59. The maximum atomic E-state index is 12.9. The molecule has 0 saturated heterocycles. The minimum atomic E-state index is -4.97. The highest BCUT2D eigenvalue weighted by Crippen LogP contribution is 2.39. The van der Waals surface area contributed by atoms with Gasteiger partial charge in [-0.3, -0.25) is 9.78 Å². The van der Waals surface area contributed by atoms with E-state index in [1.165, 1.54) is 6.92 Å². The molecular formula is C11H11F5N2O2. The van der Waals surface area contributed by atoms with Gasteiger partial charge >= 0.3 is 12.1 Å². The van der Waals surface area contributed by atoms with E-state index in [4.69, 9.17) is 5.73 Å². The van der Waals surface area contributed by atoms with E-state index in [2.05, 4.69) is 9.72 Å². The van der Waals surface area contributed by atoms with E-state index >= 15 is 0 Å². The average molecular weight is 298 g/mol. The second kappa shape index (κ2) is 6.02. The van der Waals surface area contributed by atoms with Crippen LogP contribution in [0.4, 0.5) is 27.6 Å². The highest BCUT2D eigenvalue weighted by atomic mass is 19.4. The number of carbonyl (C=O) groups excluding carboxylic acids is 1. The van der Waals surface area contributed by atoms with Crippen molar-refractivity contribution in [3.63, 3.8) is 0 Å². The number of pyridine rings is 1. The van der Waals surface area contributed by atoms with Gasteiger partial charge in [-0.25, -0.2) is 8.78 Å². The maximum Gasteiger partial charge on any atom is 0.418 e. The van der Waals surface area contributed by atoms with Crippen LogP contribution in [0.25, 0.3) is 0 Å². The molecule has 0 aliphatic carbocycles. The Morgan fingerprint density at radius 2 is 2.05 bits per heavy atom. The van der Waals surface area contributed by atoms with Crippen molar-refractivity contribution in [3.05, 3.63) is 23.0 Å². The van der Waals surface area contributed by atoms with Crippen molar-refractivity contribution in [1.29, 1.82) is 0 Å². The fourth-order valence-corrected chi connectivity index (χ4v) is 1.59. The molecule has 1 heterocycles. The summed E-state index contributed by atoms with van der Waals surface area (Å²) in [5.41, 5.74) is 0.697. The molecule has 20 heavy (non-hydrogen) atoms. The zero-order valence-electron chi connectivity index (χ0n) is 10.3. The number of ether oxygens (including phenoxy) is 1. The van der Waals surface area contributed by atoms with Gasteiger partial charge in [0.2, 0.25) is 0 Å². The number of esters is 1. The van der Waals surface area contributed by atoms with Crippen molar-refractivity contribution < 1.29 is 31.5 Å². The standard InChI is InChI=1S/C11H11F5N2O2/c1-2-20-6(19)3-5-4-18-9(10(12)13)8(17)7(5)11(14,15)16/h4,10H,2-3,17H2,1H3. The SMILES string of the molecule is CCOC(=O)Cc1cnc(C(F)F)c(N)c1C(F)(F)F. The predicted molar refractivity (Wildman–Crippen MR) is 58.9 cm³/mol. The topological polar surface area (TPSA) is 65.2 Å². The van der Waals surface area contributed by atoms with Crippen molar-refractivity contribution in [2.45, 2.75) is 25.9 Å². The van der Waals surface area contributed by atoms with E-state index in [0.29, 0.717) is 6.20 Å². The van der Waals surface area contributed by atoms with Crippen LogP contribution in [-0.4, -0.2) is 17.6 Å². The number of hydrogen-bond acceptors (Lipinski definition) is 4. The minimum Gasteiger partial charge on any atom is -0.466 e. The number of alkyl halides is 5. The Bertz CT molecular complexity index is 502. The summed E-state index contributed by atoms with van der Waals surface area (Å²) in [6.45, 7) is 1.47. The van der Waals surface area contributed by atoms with Crippen LogP contribution in [0.2, 0.25) is 0 Å². The number of aromatic nitrogens is 1. The van der Waals surface area contributed by atoms with Gasteiger partial charge in [0, 0.05) is 6.20 Å². The molecule has 0 aromatic carbocycles. The first-order valence-corrected chi connectivity index (χ1v) is 5.46. The zero-order chi connectivity index (χ0) is 15.5. The van der Waals surface area contributed by atoms with E-state index in [9.17, 15) is 26.7 Å². The van der Waals surface area contributed by atoms with Gasteiger partial charge in [-0.05, 0) is 12.5 Å². The highest BCUT2D eigenvalue weighted by molar-refractivity contribution is 5.74. The summed E-state index contributed by atoms with van der Waals surface area (Å²) >= 11 is 0. The first kappa shape index (κ1) is 16.1. The lowest BCUT2D eigenvalue weighted by molar-refractivity contribution is -0.143. The third-order valence-electron chi connectivity index (χ3n) is 2.36. The second-order valence-corrected chi connectivity index (χ2v) is 3.74. The molecule has 0 aliphatic rings. The Hall–Kier alpha value is -1.93. The molecule has 0 bridgehead atoms. The molecule has 1 rings (SSSR count). The quantitative estimate of drug-likeness (QED) is 0.685. The summed E-state index contributed by atoms with van der Waals surface area (Å²) in [5, 5.41) is 0. The third kappa shape index (κ3) is 3.55. The van der Waals surface area contributed by atoms with Gasteiger partial charge in [-0.2, -0.15) is 13.2 Å². The van der Waals surface area contributed by atoms with Crippen LogP contribution in [0.3, 0.4) is 0 Å². The summed E-state index contributed by atoms with van der Waals surface area (Å²) in [5.74, 6) is -0.927. The Kier molecular flexibility index (Phi) is 4.85. The van der Waals surface area contributed by atoms with Crippen molar-refractivity contribution in [3.8, 4) is 0 Å². The molecular weight excluding hydrogens is 287 g/mol. The third-order valence-corrected chi connectivity index (χ3v) is 2.36. The molecule has 0 fully saturated rings. The van der Waals surface area contributed by atoms with E-state index in [0.717, 1.165) is 0 Å². The zero-order valence-corrected chi connectivity index (χ0v) is 10.3.